The third kappa shape index (κ3) is 6.07. The highest BCUT2D eigenvalue weighted by molar-refractivity contribution is 7.92. The quantitative estimate of drug-likeness (QED) is 0.291. The maximum atomic E-state index is 14.7. The summed E-state index contributed by atoms with van der Waals surface area (Å²) < 4.78 is 42.4. The van der Waals surface area contributed by atoms with Gasteiger partial charge in [-0.05, 0) is 43.0 Å². The van der Waals surface area contributed by atoms with Crippen LogP contribution in [0.15, 0.2) is 59.8 Å². The van der Waals surface area contributed by atoms with E-state index in [-0.39, 0.29) is 39.7 Å². The molecular formula is C24H28FN7O3S. The molecule has 2 heterocycles. The van der Waals surface area contributed by atoms with Gasteiger partial charge in [0.25, 0.3) is 15.9 Å². The van der Waals surface area contributed by atoms with E-state index in [0.717, 1.165) is 31.7 Å². The van der Waals surface area contributed by atoms with Crippen molar-refractivity contribution in [3.63, 3.8) is 0 Å². The number of hydrogen-bond donors (Lipinski definition) is 5. The van der Waals surface area contributed by atoms with Gasteiger partial charge < -0.3 is 22.1 Å². The number of carbonyl (C=O) groups excluding carboxylic acids is 1. The fourth-order valence-corrected chi connectivity index (χ4v) is 5.18. The summed E-state index contributed by atoms with van der Waals surface area (Å²) in [5.41, 5.74) is 12.0. The zero-order valence-electron chi connectivity index (χ0n) is 19.4. The Hall–Kier alpha value is -3.77. The fraction of sp³-hybridized carbons (Fsp3) is 0.292. The van der Waals surface area contributed by atoms with Crippen LogP contribution in [0.1, 0.15) is 36.0 Å². The van der Waals surface area contributed by atoms with Gasteiger partial charge in [-0.2, -0.15) is 0 Å². The molecule has 4 rings (SSSR count). The molecule has 1 aliphatic rings. The second kappa shape index (κ2) is 10.9. The number of halogens is 1. The standard InChI is InChI=1S/C24H28FN7O3S/c25-20-11-19(22(27)33)23(31-24(20)29-12-15-6-4-5-9-21(15)26)30-16-10-17(14-28-13-16)32-36(34,35)18-7-2-1-3-8-18/h1-3,7-8,10-11,13-15,21,32H,4-6,9,12,26H2,(H2,27,33)(H2,29,30,31)/t15?,21-/m0/s1. The van der Waals surface area contributed by atoms with Crippen molar-refractivity contribution < 1.29 is 17.6 Å². The van der Waals surface area contributed by atoms with Gasteiger partial charge in [-0.25, -0.2) is 17.8 Å². The summed E-state index contributed by atoms with van der Waals surface area (Å²) in [4.78, 5) is 20.3. The van der Waals surface area contributed by atoms with Crippen molar-refractivity contribution >= 4 is 38.9 Å². The first-order valence-corrected chi connectivity index (χ1v) is 13.0. The number of pyridine rings is 2. The minimum Gasteiger partial charge on any atom is -0.367 e. The van der Waals surface area contributed by atoms with Crippen LogP contribution in [-0.2, 0) is 10.0 Å². The molecule has 0 radical (unpaired) electrons. The molecular weight excluding hydrogens is 485 g/mol. The molecule has 0 spiro atoms. The zero-order valence-corrected chi connectivity index (χ0v) is 20.3. The Kier molecular flexibility index (Phi) is 7.65. The molecule has 10 nitrogen and oxygen atoms in total. The smallest absolute Gasteiger partial charge is 0.261 e. The van der Waals surface area contributed by atoms with Crippen LogP contribution in [0.25, 0.3) is 0 Å². The third-order valence-electron chi connectivity index (χ3n) is 6.05. The van der Waals surface area contributed by atoms with Crippen molar-refractivity contribution in [2.75, 3.05) is 21.9 Å². The van der Waals surface area contributed by atoms with Gasteiger partial charge in [0.2, 0.25) is 0 Å². The Morgan fingerprint density at radius 2 is 1.78 bits per heavy atom. The Balaban J connectivity index is 1.55. The summed E-state index contributed by atoms with van der Waals surface area (Å²) >= 11 is 0. The molecule has 0 saturated heterocycles. The van der Waals surface area contributed by atoms with Gasteiger partial charge >= 0.3 is 0 Å². The minimum atomic E-state index is -3.84. The zero-order chi connectivity index (χ0) is 25.7. The lowest BCUT2D eigenvalue weighted by molar-refractivity contribution is 0.100. The number of nitrogens with one attached hydrogen (secondary N) is 3. The normalized spacial score (nSPS) is 17.8. The Morgan fingerprint density at radius 3 is 2.50 bits per heavy atom. The van der Waals surface area contributed by atoms with Crippen LogP contribution in [0.3, 0.4) is 0 Å². The monoisotopic (exact) mass is 513 g/mol. The van der Waals surface area contributed by atoms with Crippen LogP contribution >= 0.6 is 0 Å². The van der Waals surface area contributed by atoms with Crippen LogP contribution in [0, 0.1) is 11.7 Å². The molecule has 190 valence electrons. The van der Waals surface area contributed by atoms with E-state index < -0.39 is 21.7 Å². The first-order valence-electron chi connectivity index (χ1n) is 11.5. The Bertz CT molecular complexity index is 1340. The van der Waals surface area contributed by atoms with E-state index >= 15 is 0 Å². The van der Waals surface area contributed by atoms with E-state index in [1.54, 1.807) is 18.2 Å². The van der Waals surface area contributed by atoms with Crippen LogP contribution in [0.4, 0.5) is 27.4 Å². The molecule has 1 unspecified atom stereocenters. The fourth-order valence-electron chi connectivity index (χ4n) is 4.13. The lowest BCUT2D eigenvalue weighted by Crippen LogP contribution is -2.37. The van der Waals surface area contributed by atoms with Crippen molar-refractivity contribution in [1.29, 1.82) is 0 Å². The summed E-state index contributed by atoms with van der Waals surface area (Å²) in [5.74, 6) is -1.45. The van der Waals surface area contributed by atoms with E-state index in [9.17, 15) is 17.6 Å². The lowest BCUT2D eigenvalue weighted by Gasteiger charge is -2.28. The van der Waals surface area contributed by atoms with Gasteiger partial charge in [-0.15, -0.1) is 0 Å². The summed E-state index contributed by atoms with van der Waals surface area (Å²) in [6, 6.07) is 10.4. The molecule has 2 aromatic heterocycles. The number of anilines is 4. The molecule has 1 aromatic carbocycles. The molecule has 1 amide bonds. The van der Waals surface area contributed by atoms with Gasteiger partial charge in [-0.3, -0.25) is 14.5 Å². The Labute approximate surface area is 208 Å². The lowest BCUT2D eigenvalue weighted by atomic mass is 9.85. The second-order valence-electron chi connectivity index (χ2n) is 8.67. The number of rotatable bonds is 9. The molecule has 0 aliphatic heterocycles. The molecule has 7 N–H and O–H groups in total. The topological polar surface area (TPSA) is 165 Å². The maximum Gasteiger partial charge on any atom is 0.261 e. The SMILES string of the molecule is NC(=O)c1cc(F)c(NCC2CCCC[C@@H]2N)nc1Nc1cncc(NS(=O)(=O)c2ccccc2)c1. The van der Waals surface area contributed by atoms with Crippen LogP contribution in [0.2, 0.25) is 0 Å². The number of aromatic nitrogens is 2. The van der Waals surface area contributed by atoms with Crippen molar-refractivity contribution in [3.05, 3.63) is 66.2 Å². The van der Waals surface area contributed by atoms with Crippen LogP contribution in [-0.4, -0.2) is 36.9 Å². The summed E-state index contributed by atoms with van der Waals surface area (Å²) in [6.07, 6.45) is 6.76. The Morgan fingerprint density at radius 1 is 1.06 bits per heavy atom. The highest BCUT2D eigenvalue weighted by Gasteiger charge is 2.23. The average Bonchev–Trinajstić information content (AvgIpc) is 2.85. The van der Waals surface area contributed by atoms with Gasteiger partial charge in [-0.1, -0.05) is 31.0 Å². The van der Waals surface area contributed by atoms with Crippen molar-refractivity contribution in [3.8, 4) is 0 Å². The van der Waals surface area contributed by atoms with Gasteiger partial charge in [0.05, 0.1) is 34.2 Å². The van der Waals surface area contributed by atoms with E-state index in [1.165, 1.54) is 30.6 Å². The highest BCUT2D eigenvalue weighted by Crippen LogP contribution is 2.27. The molecule has 2 atom stereocenters. The number of carbonyl (C=O) groups is 1. The minimum absolute atomic E-state index is 0.00390. The molecule has 1 saturated carbocycles. The van der Waals surface area contributed by atoms with Gasteiger partial charge in [0, 0.05) is 12.6 Å². The molecule has 36 heavy (non-hydrogen) atoms. The van der Waals surface area contributed by atoms with Crippen molar-refractivity contribution in [2.45, 2.75) is 36.6 Å². The van der Waals surface area contributed by atoms with E-state index in [1.807, 2.05) is 0 Å². The van der Waals surface area contributed by atoms with E-state index in [0.29, 0.717) is 12.2 Å². The van der Waals surface area contributed by atoms with Crippen molar-refractivity contribution in [1.82, 2.24) is 9.97 Å². The number of nitrogens with two attached hydrogens (primary N) is 2. The number of primary amides is 1. The summed E-state index contributed by atoms with van der Waals surface area (Å²) in [5, 5.41) is 5.89. The highest BCUT2D eigenvalue weighted by atomic mass is 32.2. The number of sulfonamides is 1. The predicted molar refractivity (Wildman–Crippen MR) is 136 cm³/mol. The molecule has 1 aliphatic carbocycles. The van der Waals surface area contributed by atoms with Gasteiger partial charge in [0.1, 0.15) is 5.82 Å². The first kappa shape index (κ1) is 25.3. The predicted octanol–water partition coefficient (Wildman–Crippen LogP) is 3.19. The van der Waals surface area contributed by atoms with E-state index in [2.05, 4.69) is 25.3 Å². The molecule has 0 bridgehead atoms. The summed E-state index contributed by atoms with van der Waals surface area (Å²) in [6.45, 7) is 0.443. The van der Waals surface area contributed by atoms with Crippen LogP contribution in [0.5, 0.6) is 0 Å². The second-order valence-corrected chi connectivity index (χ2v) is 10.4. The number of amides is 1. The number of benzene rings is 1. The first-order chi connectivity index (χ1) is 17.2. The number of hydrogen-bond acceptors (Lipinski definition) is 8. The molecule has 12 heteroatoms. The largest absolute Gasteiger partial charge is 0.367 e. The molecule has 1 fully saturated rings. The average molecular weight is 514 g/mol. The van der Waals surface area contributed by atoms with E-state index in [4.69, 9.17) is 11.5 Å². The molecule has 3 aromatic rings. The third-order valence-corrected chi connectivity index (χ3v) is 7.44. The number of nitrogens with zero attached hydrogens (tertiary/aromatic N) is 2. The van der Waals surface area contributed by atoms with Crippen molar-refractivity contribution in [2.24, 2.45) is 17.4 Å². The van der Waals surface area contributed by atoms with Gasteiger partial charge in [0.15, 0.2) is 11.6 Å². The maximum absolute atomic E-state index is 14.7. The van der Waals surface area contributed by atoms with Crippen LogP contribution < -0.4 is 26.8 Å². The summed E-state index contributed by atoms with van der Waals surface area (Å²) in [7, 11) is -3.84.